The highest BCUT2D eigenvalue weighted by atomic mass is 16.8. The number of aliphatic hydroxyl groups is 1. The van der Waals surface area contributed by atoms with Crippen molar-refractivity contribution in [2.24, 2.45) is 0 Å². The van der Waals surface area contributed by atoms with E-state index in [9.17, 15) is 14.7 Å². The van der Waals surface area contributed by atoms with Crippen molar-refractivity contribution >= 4 is 17.6 Å². The number of carbonyl (C=O) groups excluding carboxylic acids is 2. The summed E-state index contributed by atoms with van der Waals surface area (Å²) in [6.45, 7) is 7.88. The van der Waals surface area contributed by atoms with Crippen LogP contribution in [0.15, 0.2) is 17.9 Å². The number of hydrogen-bond acceptors (Lipinski definition) is 8. The van der Waals surface area contributed by atoms with Gasteiger partial charge in [-0.05, 0) is 57.2 Å². The van der Waals surface area contributed by atoms with Crippen LogP contribution in [0.4, 0.5) is 4.79 Å². The van der Waals surface area contributed by atoms with Gasteiger partial charge in [0.2, 0.25) is 0 Å². The monoisotopic (exact) mass is 434 g/mol. The van der Waals surface area contributed by atoms with Gasteiger partial charge in [0.15, 0.2) is 12.6 Å². The van der Waals surface area contributed by atoms with Gasteiger partial charge in [-0.3, -0.25) is 4.79 Å². The SMILES string of the molecule is CCOC(=O)OC1=C(c2c(C)cc(C)cc2C)C(=O)N(OCO)C12CCN(OC)CC2. The molecule has 1 amide bonds. The lowest BCUT2D eigenvalue weighted by atomic mass is 9.84. The van der Waals surface area contributed by atoms with Gasteiger partial charge in [-0.25, -0.2) is 14.7 Å². The lowest BCUT2D eigenvalue weighted by molar-refractivity contribution is -0.256. The van der Waals surface area contributed by atoms with Gasteiger partial charge in [-0.2, -0.15) is 5.06 Å². The zero-order valence-corrected chi connectivity index (χ0v) is 18.7. The molecule has 0 radical (unpaired) electrons. The van der Waals surface area contributed by atoms with Crippen LogP contribution in [-0.4, -0.2) is 66.4 Å². The molecule has 2 aliphatic heterocycles. The van der Waals surface area contributed by atoms with E-state index < -0.39 is 24.4 Å². The van der Waals surface area contributed by atoms with E-state index in [4.69, 9.17) is 19.1 Å². The van der Waals surface area contributed by atoms with Crippen molar-refractivity contribution in [1.82, 2.24) is 10.1 Å². The second kappa shape index (κ2) is 9.35. The Labute approximate surface area is 182 Å². The van der Waals surface area contributed by atoms with Gasteiger partial charge in [-0.1, -0.05) is 17.7 Å². The second-order valence-corrected chi connectivity index (χ2v) is 7.76. The highest BCUT2D eigenvalue weighted by molar-refractivity contribution is 6.23. The van der Waals surface area contributed by atoms with Gasteiger partial charge in [0.05, 0.1) is 19.3 Å². The summed E-state index contributed by atoms with van der Waals surface area (Å²) in [4.78, 5) is 36.7. The molecule has 2 heterocycles. The molecule has 0 bridgehead atoms. The Bertz CT molecular complexity index is 865. The molecule has 31 heavy (non-hydrogen) atoms. The van der Waals surface area contributed by atoms with Crippen LogP contribution in [0, 0.1) is 20.8 Å². The van der Waals surface area contributed by atoms with E-state index in [0.717, 1.165) is 21.8 Å². The number of carbonyl (C=O) groups is 2. The third kappa shape index (κ3) is 4.18. The van der Waals surface area contributed by atoms with Crippen molar-refractivity contribution in [1.29, 1.82) is 0 Å². The first-order valence-electron chi connectivity index (χ1n) is 10.3. The zero-order valence-electron chi connectivity index (χ0n) is 18.7. The predicted octanol–water partition coefficient (Wildman–Crippen LogP) is 2.62. The van der Waals surface area contributed by atoms with E-state index in [1.807, 2.05) is 32.9 Å². The highest BCUT2D eigenvalue weighted by Crippen LogP contribution is 2.48. The van der Waals surface area contributed by atoms with Crippen LogP contribution in [-0.2, 0) is 23.9 Å². The van der Waals surface area contributed by atoms with Crippen molar-refractivity contribution in [3.8, 4) is 0 Å². The lowest BCUT2D eigenvalue weighted by Crippen LogP contribution is -2.55. The van der Waals surface area contributed by atoms with Crippen molar-refractivity contribution in [2.75, 3.05) is 33.6 Å². The first-order chi connectivity index (χ1) is 14.8. The number of benzene rings is 1. The minimum Gasteiger partial charge on any atom is -0.434 e. The van der Waals surface area contributed by atoms with E-state index in [1.165, 1.54) is 0 Å². The van der Waals surface area contributed by atoms with Gasteiger partial charge in [-0.15, -0.1) is 0 Å². The number of piperidine rings is 1. The van der Waals surface area contributed by atoms with Crippen molar-refractivity contribution in [3.63, 3.8) is 0 Å². The number of aryl methyl sites for hydroxylation is 3. The maximum atomic E-state index is 13.6. The molecular weight excluding hydrogens is 404 g/mol. The molecule has 0 saturated carbocycles. The van der Waals surface area contributed by atoms with Gasteiger partial charge >= 0.3 is 6.16 Å². The maximum Gasteiger partial charge on any atom is 0.513 e. The Balaban J connectivity index is 2.22. The van der Waals surface area contributed by atoms with Crippen molar-refractivity contribution in [2.45, 2.75) is 46.1 Å². The molecule has 0 aromatic heterocycles. The van der Waals surface area contributed by atoms with Crippen LogP contribution in [0.25, 0.3) is 5.57 Å². The van der Waals surface area contributed by atoms with E-state index in [-0.39, 0.29) is 17.9 Å². The summed E-state index contributed by atoms with van der Waals surface area (Å²) in [6, 6.07) is 3.95. The van der Waals surface area contributed by atoms with Crippen LogP contribution in [0.3, 0.4) is 0 Å². The summed E-state index contributed by atoms with van der Waals surface area (Å²) < 4.78 is 10.7. The average molecular weight is 434 g/mol. The number of amides is 1. The Morgan fingerprint density at radius 1 is 1.16 bits per heavy atom. The quantitative estimate of drug-likeness (QED) is 0.539. The first kappa shape index (κ1) is 23.2. The Kier molecular flexibility index (Phi) is 7.00. The largest absolute Gasteiger partial charge is 0.513 e. The predicted molar refractivity (Wildman–Crippen MR) is 111 cm³/mol. The molecular formula is C22H30N2O7. The molecule has 9 nitrogen and oxygen atoms in total. The molecule has 1 saturated heterocycles. The van der Waals surface area contributed by atoms with E-state index in [0.29, 0.717) is 31.5 Å². The van der Waals surface area contributed by atoms with Gasteiger partial charge in [0, 0.05) is 13.1 Å². The van der Waals surface area contributed by atoms with Crippen LogP contribution in [0.2, 0.25) is 0 Å². The lowest BCUT2D eigenvalue weighted by Gasteiger charge is -2.43. The van der Waals surface area contributed by atoms with Crippen LogP contribution in [0.5, 0.6) is 0 Å². The van der Waals surface area contributed by atoms with Crippen molar-refractivity contribution in [3.05, 3.63) is 40.1 Å². The zero-order chi connectivity index (χ0) is 22.8. The second-order valence-electron chi connectivity index (χ2n) is 7.76. The third-order valence-electron chi connectivity index (χ3n) is 5.81. The molecule has 1 aromatic carbocycles. The van der Waals surface area contributed by atoms with E-state index in [2.05, 4.69) is 0 Å². The summed E-state index contributed by atoms with van der Waals surface area (Å²) in [6.07, 6.45) is -0.117. The normalized spacial score (nSPS) is 18.8. The minimum atomic E-state index is -1.07. The maximum absolute atomic E-state index is 13.6. The summed E-state index contributed by atoms with van der Waals surface area (Å²) in [7, 11) is 1.58. The standard InChI is InChI=1S/C22H30N2O7/c1-6-29-21(27)31-19-18(17-15(3)11-14(2)12-16(17)4)20(26)24(30-13-25)22(19)7-9-23(28-5)10-8-22/h11-12,25H,6-10,13H2,1-5H3. The number of ether oxygens (including phenoxy) is 2. The minimum absolute atomic E-state index is 0.138. The third-order valence-corrected chi connectivity index (χ3v) is 5.81. The number of hydrogen-bond donors (Lipinski definition) is 1. The topological polar surface area (TPSA) is 97.8 Å². The highest BCUT2D eigenvalue weighted by Gasteiger charge is 2.57. The molecule has 170 valence electrons. The molecule has 0 unspecified atom stereocenters. The summed E-state index contributed by atoms with van der Waals surface area (Å²) >= 11 is 0. The summed E-state index contributed by atoms with van der Waals surface area (Å²) in [5, 5.41) is 12.4. The smallest absolute Gasteiger partial charge is 0.434 e. The molecule has 1 N–H and O–H groups in total. The van der Waals surface area contributed by atoms with E-state index in [1.54, 1.807) is 19.1 Å². The molecule has 0 aliphatic carbocycles. The molecule has 9 heteroatoms. The number of rotatable bonds is 6. The van der Waals surface area contributed by atoms with Gasteiger partial charge < -0.3 is 19.4 Å². The Morgan fingerprint density at radius 3 is 2.29 bits per heavy atom. The molecule has 1 fully saturated rings. The number of nitrogens with zero attached hydrogens (tertiary/aromatic N) is 2. The van der Waals surface area contributed by atoms with Crippen molar-refractivity contribution < 1.29 is 33.8 Å². The van der Waals surface area contributed by atoms with Gasteiger partial charge in [0.25, 0.3) is 5.91 Å². The van der Waals surface area contributed by atoms with E-state index >= 15 is 0 Å². The number of aliphatic hydroxyl groups excluding tert-OH is 1. The number of hydroxylamine groups is 4. The fourth-order valence-corrected chi connectivity index (χ4v) is 4.60. The molecule has 1 spiro atoms. The first-order valence-corrected chi connectivity index (χ1v) is 10.3. The Hall–Kier alpha value is -2.46. The fourth-order valence-electron chi connectivity index (χ4n) is 4.60. The molecule has 0 atom stereocenters. The average Bonchev–Trinajstić information content (AvgIpc) is 2.91. The van der Waals surface area contributed by atoms with Gasteiger partial charge in [0.1, 0.15) is 5.54 Å². The molecule has 2 aliphatic rings. The van der Waals surface area contributed by atoms with Crippen LogP contribution < -0.4 is 0 Å². The van der Waals surface area contributed by atoms with Crippen LogP contribution >= 0.6 is 0 Å². The Morgan fingerprint density at radius 2 is 1.77 bits per heavy atom. The van der Waals surface area contributed by atoms with Crippen LogP contribution in [0.1, 0.15) is 42.0 Å². The molecule has 3 rings (SSSR count). The summed E-state index contributed by atoms with van der Waals surface area (Å²) in [5.74, 6) is -0.274. The summed E-state index contributed by atoms with van der Waals surface area (Å²) in [5.41, 5.74) is 2.68. The molecule has 1 aromatic rings. The fraction of sp³-hybridized carbons (Fsp3) is 0.545.